The van der Waals surface area contributed by atoms with Crippen molar-refractivity contribution in [2.45, 2.75) is 32.2 Å². The summed E-state index contributed by atoms with van der Waals surface area (Å²) >= 11 is 0. The van der Waals surface area contributed by atoms with Crippen molar-refractivity contribution in [1.82, 2.24) is 10.6 Å². The first-order valence-corrected chi connectivity index (χ1v) is 10.1. The van der Waals surface area contributed by atoms with Crippen molar-refractivity contribution in [3.63, 3.8) is 0 Å². The number of anilines is 1. The molecule has 1 heterocycles. The fraction of sp³-hybridized carbons (Fsp3) is 0.529. The maximum absolute atomic E-state index is 12.0. The summed E-state index contributed by atoms with van der Waals surface area (Å²) in [6, 6.07) is 6.80. The van der Waals surface area contributed by atoms with Gasteiger partial charge in [0.15, 0.2) is 9.84 Å². The number of nitrogens with one attached hydrogen (secondary N) is 2. The van der Waals surface area contributed by atoms with Crippen molar-refractivity contribution in [2.24, 2.45) is 0 Å². The Morgan fingerprint density at radius 3 is 2.64 bits per heavy atom. The highest BCUT2D eigenvalue weighted by molar-refractivity contribution is 7.91. The number of amides is 3. The standard InChI is InChI=1S/C17H25N3O4S/c1-12(2)13-5-4-6-15(9-13)20(3)10-16(21)19-17(22)18-14-7-8-25(23,24)11-14/h4-6,9,12,14H,7-8,10-11H2,1-3H3,(H2,18,19,21,22). The van der Waals surface area contributed by atoms with Crippen LogP contribution in [-0.2, 0) is 14.6 Å². The topological polar surface area (TPSA) is 95.6 Å². The average molecular weight is 367 g/mol. The lowest BCUT2D eigenvalue weighted by Gasteiger charge is -2.20. The van der Waals surface area contributed by atoms with Gasteiger partial charge in [0.1, 0.15) is 0 Å². The Labute approximate surface area is 148 Å². The number of carbonyl (C=O) groups is 2. The van der Waals surface area contributed by atoms with Crippen LogP contribution in [0, 0.1) is 0 Å². The average Bonchev–Trinajstić information content (AvgIpc) is 2.85. The van der Waals surface area contributed by atoms with E-state index in [2.05, 4.69) is 24.5 Å². The molecule has 1 aliphatic rings. The van der Waals surface area contributed by atoms with Crippen LogP contribution < -0.4 is 15.5 Å². The zero-order valence-electron chi connectivity index (χ0n) is 14.8. The van der Waals surface area contributed by atoms with Crippen LogP contribution in [0.4, 0.5) is 10.5 Å². The van der Waals surface area contributed by atoms with Gasteiger partial charge >= 0.3 is 6.03 Å². The molecule has 1 saturated heterocycles. The van der Waals surface area contributed by atoms with E-state index in [1.54, 1.807) is 11.9 Å². The van der Waals surface area contributed by atoms with Crippen LogP contribution >= 0.6 is 0 Å². The molecule has 7 nitrogen and oxygen atoms in total. The third-order valence-electron chi connectivity index (χ3n) is 4.18. The molecule has 1 aliphatic heterocycles. The SMILES string of the molecule is CC(C)c1cccc(N(C)CC(=O)NC(=O)NC2CCS(=O)(=O)C2)c1. The highest BCUT2D eigenvalue weighted by Crippen LogP contribution is 2.20. The third-order valence-corrected chi connectivity index (χ3v) is 5.95. The quantitative estimate of drug-likeness (QED) is 0.817. The zero-order chi connectivity index (χ0) is 18.6. The van der Waals surface area contributed by atoms with Crippen LogP contribution in [0.2, 0.25) is 0 Å². The first-order chi connectivity index (χ1) is 11.7. The predicted octanol–water partition coefficient (Wildman–Crippen LogP) is 1.26. The molecule has 0 spiro atoms. The smallest absolute Gasteiger partial charge is 0.321 e. The van der Waals surface area contributed by atoms with E-state index in [-0.39, 0.29) is 18.1 Å². The van der Waals surface area contributed by atoms with Gasteiger partial charge in [-0.1, -0.05) is 26.0 Å². The van der Waals surface area contributed by atoms with Gasteiger partial charge in [-0.05, 0) is 30.0 Å². The van der Waals surface area contributed by atoms with Gasteiger partial charge in [0.05, 0.1) is 18.1 Å². The van der Waals surface area contributed by atoms with Gasteiger partial charge in [0.25, 0.3) is 0 Å². The van der Waals surface area contributed by atoms with E-state index in [9.17, 15) is 18.0 Å². The number of rotatable bonds is 5. The summed E-state index contributed by atoms with van der Waals surface area (Å²) < 4.78 is 22.8. The Bertz CT molecular complexity index is 746. The van der Waals surface area contributed by atoms with E-state index >= 15 is 0 Å². The van der Waals surface area contributed by atoms with Crippen LogP contribution in [-0.4, -0.2) is 51.5 Å². The molecule has 0 aliphatic carbocycles. The molecule has 0 aromatic heterocycles. The number of nitrogens with zero attached hydrogens (tertiary/aromatic N) is 1. The number of hydrogen-bond donors (Lipinski definition) is 2. The van der Waals surface area contributed by atoms with Crippen LogP contribution in [0.25, 0.3) is 0 Å². The number of hydrogen-bond acceptors (Lipinski definition) is 5. The summed E-state index contributed by atoms with van der Waals surface area (Å²) in [4.78, 5) is 25.6. The summed E-state index contributed by atoms with van der Waals surface area (Å²) in [7, 11) is -1.29. The Balaban J connectivity index is 1.85. The lowest BCUT2D eigenvalue weighted by Crippen LogP contribution is -2.47. The molecule has 2 rings (SSSR count). The molecule has 1 aromatic rings. The molecule has 1 aromatic carbocycles. The van der Waals surface area contributed by atoms with Crippen molar-refractivity contribution in [3.05, 3.63) is 29.8 Å². The lowest BCUT2D eigenvalue weighted by atomic mass is 10.0. The highest BCUT2D eigenvalue weighted by Gasteiger charge is 2.29. The van der Waals surface area contributed by atoms with Gasteiger partial charge in [0.2, 0.25) is 5.91 Å². The van der Waals surface area contributed by atoms with Crippen molar-refractivity contribution in [1.29, 1.82) is 0 Å². The molecule has 8 heteroatoms. The minimum absolute atomic E-state index is 0.0257. The van der Waals surface area contributed by atoms with Gasteiger partial charge in [-0.2, -0.15) is 0 Å². The van der Waals surface area contributed by atoms with Crippen molar-refractivity contribution in [3.8, 4) is 0 Å². The van der Waals surface area contributed by atoms with Crippen LogP contribution in [0.3, 0.4) is 0 Å². The van der Waals surface area contributed by atoms with Crippen molar-refractivity contribution >= 4 is 27.5 Å². The van der Waals surface area contributed by atoms with Gasteiger partial charge in [-0.25, -0.2) is 13.2 Å². The molecule has 2 N–H and O–H groups in total. The second-order valence-corrected chi connectivity index (χ2v) is 8.96. The first-order valence-electron chi connectivity index (χ1n) is 8.28. The first kappa shape index (κ1) is 19.2. The Kier molecular flexibility index (Phi) is 6.05. The maximum Gasteiger partial charge on any atom is 0.321 e. The molecule has 1 fully saturated rings. The zero-order valence-corrected chi connectivity index (χ0v) is 15.6. The van der Waals surface area contributed by atoms with Crippen LogP contribution in [0.5, 0.6) is 0 Å². The highest BCUT2D eigenvalue weighted by atomic mass is 32.2. The number of urea groups is 1. The van der Waals surface area contributed by atoms with Crippen LogP contribution in [0.1, 0.15) is 31.7 Å². The van der Waals surface area contributed by atoms with E-state index in [0.29, 0.717) is 12.3 Å². The maximum atomic E-state index is 12.0. The molecule has 3 amide bonds. The van der Waals surface area contributed by atoms with E-state index in [4.69, 9.17) is 0 Å². The number of likely N-dealkylation sites (N-methyl/N-ethyl adjacent to an activating group) is 1. The third kappa shape index (κ3) is 5.74. The molecule has 0 bridgehead atoms. The summed E-state index contributed by atoms with van der Waals surface area (Å²) in [6.45, 7) is 4.22. The van der Waals surface area contributed by atoms with E-state index < -0.39 is 27.8 Å². The molecule has 1 atom stereocenters. The van der Waals surface area contributed by atoms with Crippen molar-refractivity contribution in [2.75, 3.05) is 30.0 Å². The molecule has 0 radical (unpaired) electrons. The molecule has 25 heavy (non-hydrogen) atoms. The van der Waals surface area contributed by atoms with Gasteiger partial charge < -0.3 is 10.2 Å². The molecule has 1 unspecified atom stereocenters. The summed E-state index contributed by atoms with van der Waals surface area (Å²) in [5.41, 5.74) is 2.06. The monoisotopic (exact) mass is 367 g/mol. The summed E-state index contributed by atoms with van der Waals surface area (Å²) in [6.07, 6.45) is 0.381. The van der Waals surface area contributed by atoms with E-state index in [1.807, 2.05) is 24.3 Å². The lowest BCUT2D eigenvalue weighted by molar-refractivity contribution is -0.118. The fourth-order valence-corrected chi connectivity index (χ4v) is 4.40. The summed E-state index contributed by atoms with van der Waals surface area (Å²) in [5, 5.41) is 4.78. The Hall–Kier alpha value is -2.09. The number of imide groups is 1. The number of benzene rings is 1. The molecule has 0 saturated carbocycles. The number of carbonyl (C=O) groups excluding carboxylic acids is 2. The minimum Gasteiger partial charge on any atom is -0.365 e. The summed E-state index contributed by atoms with van der Waals surface area (Å²) in [5.74, 6) is -0.0661. The van der Waals surface area contributed by atoms with Gasteiger partial charge in [0, 0.05) is 18.8 Å². The van der Waals surface area contributed by atoms with E-state index in [1.165, 1.54) is 5.56 Å². The largest absolute Gasteiger partial charge is 0.365 e. The fourth-order valence-electron chi connectivity index (χ4n) is 2.72. The predicted molar refractivity (Wildman–Crippen MR) is 97.5 cm³/mol. The molecule has 138 valence electrons. The Morgan fingerprint density at radius 2 is 2.04 bits per heavy atom. The van der Waals surface area contributed by atoms with Crippen molar-refractivity contribution < 1.29 is 18.0 Å². The Morgan fingerprint density at radius 1 is 1.32 bits per heavy atom. The second kappa shape index (κ2) is 7.86. The van der Waals surface area contributed by atoms with Crippen LogP contribution in [0.15, 0.2) is 24.3 Å². The number of sulfone groups is 1. The second-order valence-electron chi connectivity index (χ2n) is 6.73. The minimum atomic E-state index is -3.07. The van der Waals surface area contributed by atoms with Gasteiger partial charge in [-0.15, -0.1) is 0 Å². The van der Waals surface area contributed by atoms with Gasteiger partial charge in [-0.3, -0.25) is 10.1 Å². The normalized spacial score (nSPS) is 18.8. The molecular weight excluding hydrogens is 342 g/mol. The molecular formula is C17H25N3O4S. The van der Waals surface area contributed by atoms with E-state index in [0.717, 1.165) is 5.69 Å².